The van der Waals surface area contributed by atoms with Crippen LogP contribution in [0.2, 0.25) is 0 Å². The van der Waals surface area contributed by atoms with Gasteiger partial charge in [0.1, 0.15) is 0 Å². The highest BCUT2D eigenvalue weighted by atomic mass is 32.2. The van der Waals surface area contributed by atoms with Crippen molar-refractivity contribution < 1.29 is 13.0 Å². The summed E-state index contributed by atoms with van der Waals surface area (Å²) in [6.45, 7) is 3.93. The van der Waals surface area contributed by atoms with Crippen LogP contribution >= 0.6 is 0 Å². The lowest BCUT2D eigenvalue weighted by atomic mass is 10.1. The van der Waals surface area contributed by atoms with Gasteiger partial charge in [0.25, 0.3) is 10.1 Å². The maximum atomic E-state index is 10.9. The van der Waals surface area contributed by atoms with Gasteiger partial charge in [0.15, 0.2) is 0 Å². The van der Waals surface area contributed by atoms with Crippen LogP contribution in [0.25, 0.3) is 11.6 Å². The van der Waals surface area contributed by atoms with Crippen LogP contribution in [-0.4, -0.2) is 13.0 Å². The minimum absolute atomic E-state index is 0.124. The summed E-state index contributed by atoms with van der Waals surface area (Å²) >= 11 is 0. The fourth-order valence-corrected chi connectivity index (χ4v) is 2.18. The molecular formula is C16H14O3S. The largest absolute Gasteiger partial charge is 0.294 e. The average Bonchev–Trinajstić information content (AvgIpc) is 2.45. The van der Waals surface area contributed by atoms with E-state index < -0.39 is 10.1 Å². The quantitative estimate of drug-likeness (QED) is 0.689. The van der Waals surface area contributed by atoms with Crippen molar-refractivity contribution in [1.82, 2.24) is 0 Å². The second-order valence-electron chi connectivity index (χ2n) is 4.27. The van der Waals surface area contributed by atoms with Crippen LogP contribution in [0.1, 0.15) is 11.1 Å². The van der Waals surface area contributed by atoms with Gasteiger partial charge < -0.3 is 0 Å². The third-order valence-electron chi connectivity index (χ3n) is 2.80. The molecule has 0 aliphatic rings. The van der Waals surface area contributed by atoms with Crippen molar-refractivity contribution in [2.75, 3.05) is 0 Å². The summed E-state index contributed by atoms with van der Waals surface area (Å²) in [6.07, 6.45) is 3.79. The molecular weight excluding hydrogens is 272 g/mol. The summed E-state index contributed by atoms with van der Waals surface area (Å²) in [5.41, 5.74) is 2.61. The average molecular weight is 286 g/mol. The molecule has 1 N–H and O–H groups in total. The van der Waals surface area contributed by atoms with Crippen molar-refractivity contribution in [3.05, 3.63) is 78.4 Å². The van der Waals surface area contributed by atoms with Gasteiger partial charge in [0, 0.05) is 0 Å². The van der Waals surface area contributed by atoms with Gasteiger partial charge in [-0.1, -0.05) is 61.2 Å². The summed E-state index contributed by atoms with van der Waals surface area (Å²) in [4.78, 5) is -0.124. The summed E-state index contributed by atoms with van der Waals surface area (Å²) in [5, 5.41) is 0. The normalized spacial score (nSPS) is 11.7. The van der Waals surface area contributed by atoms with Gasteiger partial charge in [-0.3, -0.25) is 4.55 Å². The monoisotopic (exact) mass is 286 g/mol. The Bertz CT molecular complexity index is 727. The Kier molecular flexibility index (Phi) is 4.17. The van der Waals surface area contributed by atoms with Gasteiger partial charge >= 0.3 is 0 Å². The smallest absolute Gasteiger partial charge is 0.282 e. The predicted octanol–water partition coefficient (Wildman–Crippen LogP) is 3.66. The minimum Gasteiger partial charge on any atom is -0.282 e. The lowest BCUT2D eigenvalue weighted by Gasteiger charge is -2.02. The zero-order valence-electron chi connectivity index (χ0n) is 10.7. The van der Waals surface area contributed by atoms with Crippen LogP contribution in [0.15, 0.2) is 72.1 Å². The second-order valence-corrected chi connectivity index (χ2v) is 5.69. The van der Waals surface area contributed by atoms with E-state index >= 15 is 0 Å². The Labute approximate surface area is 118 Å². The maximum absolute atomic E-state index is 10.9. The molecule has 0 aliphatic carbocycles. The standard InChI is InChI=1S/C16H14O3S/c1-13(7-8-14-5-3-2-4-6-14)15-9-11-16(12-10-15)20(17,18)19/h2-12H,1H2,(H,17,18,19). The SMILES string of the molecule is C=C(C=Cc1ccccc1)c1ccc(S(=O)(=O)O)cc1. The molecule has 0 spiro atoms. The van der Waals surface area contributed by atoms with Gasteiger partial charge in [0.05, 0.1) is 4.90 Å². The molecule has 3 nitrogen and oxygen atoms in total. The zero-order valence-corrected chi connectivity index (χ0v) is 11.5. The number of rotatable bonds is 4. The van der Waals surface area contributed by atoms with Gasteiger partial charge in [-0.15, -0.1) is 0 Å². The van der Waals surface area contributed by atoms with E-state index in [1.54, 1.807) is 12.1 Å². The molecule has 0 saturated heterocycles. The summed E-state index contributed by atoms with van der Waals surface area (Å²) in [7, 11) is -4.15. The Hall–Kier alpha value is -2.17. The summed E-state index contributed by atoms with van der Waals surface area (Å²) in [6, 6.07) is 15.7. The van der Waals surface area contributed by atoms with E-state index in [-0.39, 0.29) is 4.90 Å². The van der Waals surface area contributed by atoms with E-state index in [0.717, 1.165) is 16.7 Å². The zero-order chi connectivity index (χ0) is 14.6. The summed E-state index contributed by atoms with van der Waals surface area (Å²) < 4.78 is 30.8. The third kappa shape index (κ3) is 3.66. The molecule has 20 heavy (non-hydrogen) atoms. The van der Waals surface area contributed by atoms with Gasteiger partial charge in [0.2, 0.25) is 0 Å². The number of benzene rings is 2. The fraction of sp³-hybridized carbons (Fsp3) is 0. The molecule has 0 unspecified atom stereocenters. The molecule has 2 rings (SSSR count). The molecule has 4 heteroatoms. The molecule has 0 bridgehead atoms. The highest BCUT2D eigenvalue weighted by Gasteiger charge is 2.08. The topological polar surface area (TPSA) is 54.4 Å². The van der Waals surface area contributed by atoms with Crippen molar-refractivity contribution in [1.29, 1.82) is 0 Å². The second kappa shape index (κ2) is 5.86. The van der Waals surface area contributed by atoms with Crippen molar-refractivity contribution in [2.45, 2.75) is 4.90 Å². The molecule has 2 aromatic rings. The summed E-state index contributed by atoms with van der Waals surface area (Å²) in [5.74, 6) is 0. The first-order valence-electron chi connectivity index (χ1n) is 5.97. The molecule has 0 atom stereocenters. The molecule has 0 heterocycles. The predicted molar refractivity (Wildman–Crippen MR) is 80.8 cm³/mol. The lowest BCUT2D eigenvalue weighted by Crippen LogP contribution is -1.97. The van der Waals surface area contributed by atoms with Crippen LogP contribution in [-0.2, 0) is 10.1 Å². The van der Waals surface area contributed by atoms with Crippen LogP contribution in [0.3, 0.4) is 0 Å². The van der Waals surface area contributed by atoms with E-state index in [2.05, 4.69) is 6.58 Å². The van der Waals surface area contributed by atoms with Crippen LogP contribution in [0, 0.1) is 0 Å². The Morgan fingerprint density at radius 1 is 1.00 bits per heavy atom. The minimum atomic E-state index is -4.15. The lowest BCUT2D eigenvalue weighted by molar-refractivity contribution is 0.483. The number of hydrogen-bond donors (Lipinski definition) is 1. The molecule has 0 radical (unpaired) electrons. The van der Waals surface area contributed by atoms with Crippen LogP contribution < -0.4 is 0 Å². The molecule has 0 aliphatic heterocycles. The Morgan fingerprint density at radius 3 is 2.15 bits per heavy atom. The van der Waals surface area contributed by atoms with E-state index in [1.807, 2.05) is 42.5 Å². The highest BCUT2D eigenvalue weighted by molar-refractivity contribution is 7.85. The van der Waals surface area contributed by atoms with Gasteiger partial charge in [-0.2, -0.15) is 8.42 Å². The number of hydrogen-bond acceptors (Lipinski definition) is 2. The van der Waals surface area contributed by atoms with Crippen molar-refractivity contribution >= 4 is 21.8 Å². The maximum Gasteiger partial charge on any atom is 0.294 e. The first-order chi connectivity index (χ1) is 9.47. The van der Waals surface area contributed by atoms with E-state index in [0.29, 0.717) is 0 Å². The van der Waals surface area contributed by atoms with E-state index in [9.17, 15) is 8.42 Å². The first-order valence-corrected chi connectivity index (χ1v) is 7.41. The number of allylic oxidation sites excluding steroid dienone is 2. The van der Waals surface area contributed by atoms with E-state index in [1.165, 1.54) is 12.1 Å². The molecule has 2 aromatic carbocycles. The third-order valence-corrected chi connectivity index (χ3v) is 3.67. The molecule has 0 fully saturated rings. The highest BCUT2D eigenvalue weighted by Crippen LogP contribution is 2.18. The molecule has 0 amide bonds. The van der Waals surface area contributed by atoms with Crippen LogP contribution in [0.4, 0.5) is 0 Å². The molecule has 0 saturated carbocycles. The van der Waals surface area contributed by atoms with Crippen molar-refractivity contribution in [2.24, 2.45) is 0 Å². The van der Waals surface area contributed by atoms with Crippen LogP contribution in [0.5, 0.6) is 0 Å². The Morgan fingerprint density at radius 2 is 1.60 bits per heavy atom. The van der Waals surface area contributed by atoms with Crippen molar-refractivity contribution in [3.63, 3.8) is 0 Å². The van der Waals surface area contributed by atoms with E-state index in [4.69, 9.17) is 4.55 Å². The molecule has 102 valence electrons. The first kappa shape index (κ1) is 14.2. The van der Waals surface area contributed by atoms with Crippen molar-refractivity contribution in [3.8, 4) is 0 Å². The fourth-order valence-electron chi connectivity index (χ4n) is 1.70. The van der Waals surface area contributed by atoms with Gasteiger partial charge in [-0.25, -0.2) is 0 Å². The molecule has 0 aromatic heterocycles. The Balaban J connectivity index is 2.16. The van der Waals surface area contributed by atoms with Gasteiger partial charge in [-0.05, 0) is 28.8 Å².